The molecule has 0 rings (SSSR count). The van der Waals surface area contributed by atoms with Crippen molar-refractivity contribution >= 4 is 76.7 Å². The molecule has 0 fully saturated rings. The fourth-order valence-corrected chi connectivity index (χ4v) is 2.74. The van der Waals surface area contributed by atoms with Crippen molar-refractivity contribution < 1.29 is 125 Å². The molecule has 1 N–H and O–H groups in total. The van der Waals surface area contributed by atoms with Crippen LogP contribution in [0.25, 0.3) is 0 Å². The molecule has 0 aromatic heterocycles. The highest BCUT2D eigenvalue weighted by Gasteiger charge is 2.29. The Bertz CT molecular complexity index is 1480. The fourth-order valence-electron chi connectivity index (χ4n) is 2.74. The average Bonchev–Trinajstić information content (AvgIpc) is 3.09. The van der Waals surface area contributed by atoms with Gasteiger partial charge in [-0.05, 0) is 0 Å². The van der Waals surface area contributed by atoms with E-state index in [2.05, 4.69) is 18.9 Å². The molecule has 0 aliphatic rings. The lowest BCUT2D eigenvalue weighted by molar-refractivity contribution is -0.870. The number of carboxylic acids is 4. The Hall–Kier alpha value is -6.09. The number of aliphatic hydroxyl groups is 1. The summed E-state index contributed by atoms with van der Waals surface area (Å²) in [6, 6.07) is 0. The molecule has 0 aliphatic carbocycles. The molecule has 0 unspecified atom stereocenters. The van der Waals surface area contributed by atoms with Gasteiger partial charge in [0.2, 0.25) is 23.1 Å². The summed E-state index contributed by atoms with van der Waals surface area (Å²) >= 11 is 0. The van der Waals surface area contributed by atoms with Crippen molar-refractivity contribution in [3.05, 3.63) is 0 Å². The van der Waals surface area contributed by atoms with E-state index >= 15 is 0 Å². The molecule has 0 heterocycles. The Balaban J connectivity index is -0.000000168. The zero-order valence-electron chi connectivity index (χ0n) is 41.9. The Morgan fingerprint density at radius 3 is 0.627 bits per heavy atom. The molecule has 0 spiro atoms. The van der Waals surface area contributed by atoms with E-state index in [1.165, 1.54) is 27.7 Å². The van der Waals surface area contributed by atoms with Crippen molar-refractivity contribution in [2.24, 2.45) is 0 Å². The standard InChI is InChI=1S/4C8H16NO3.C6H8O7.C3H4O3/c4*1-7(10)8(11)12-6-5-9(2,3)4;7-3(8)1-6(13,5(11)12)2-4(9)10;1-2(4)3(5)6/h4*5-6H2,1-4H3;13H,1-2H2,(H,7,8)(H,9,10)(H,11,12);1H3,(H,5,6)/q4*+1;;/p-4. The summed E-state index contributed by atoms with van der Waals surface area (Å²) in [4.78, 5) is 133. The highest BCUT2D eigenvalue weighted by molar-refractivity contribution is 6.33. The number of esters is 4. The van der Waals surface area contributed by atoms with Crippen LogP contribution in [0.2, 0.25) is 0 Å². The van der Waals surface area contributed by atoms with Crippen molar-refractivity contribution in [2.75, 3.05) is 137 Å². The molecule has 0 amide bonds. The van der Waals surface area contributed by atoms with Crippen LogP contribution in [0.4, 0.5) is 0 Å². The SMILES string of the molecule is CC(=O)C(=O)OCC[N+](C)(C)C.CC(=O)C(=O)OCC[N+](C)(C)C.CC(=O)C(=O)OCC[N+](C)(C)C.CC(=O)C(=O)OCC[N+](C)(C)C.CC(=O)C(=O)[O-].O=C([O-])CC(O)(CC(=O)[O-])C(=O)[O-]. The zero-order chi connectivity index (χ0) is 54.9. The number of carbonyl (C=O) groups is 13. The smallest absolute Gasteiger partial charge is 0.374 e. The van der Waals surface area contributed by atoms with Gasteiger partial charge in [-0.15, -0.1) is 0 Å². The number of carboxylic acid groups (broad SMARTS) is 4. The van der Waals surface area contributed by atoms with E-state index in [0.717, 1.165) is 6.92 Å². The molecule has 0 saturated carbocycles. The molecular formula is C41H72N4O22. The largest absolute Gasteiger partial charge is 0.550 e. The third-order valence-corrected chi connectivity index (χ3v) is 6.67. The lowest BCUT2D eigenvalue weighted by Crippen LogP contribution is -2.54. The van der Waals surface area contributed by atoms with Crippen LogP contribution in [0.1, 0.15) is 47.5 Å². The van der Waals surface area contributed by atoms with E-state index in [1.807, 2.05) is 84.6 Å². The molecule has 0 atom stereocenters. The van der Waals surface area contributed by atoms with Gasteiger partial charge in [-0.3, -0.25) is 24.0 Å². The molecular weight excluding hydrogens is 900 g/mol. The van der Waals surface area contributed by atoms with E-state index in [-0.39, 0.29) is 0 Å². The third kappa shape index (κ3) is 59.9. The van der Waals surface area contributed by atoms with Gasteiger partial charge in [0, 0.05) is 59.4 Å². The molecule has 0 bridgehead atoms. The highest BCUT2D eigenvalue weighted by atomic mass is 16.6. The summed E-state index contributed by atoms with van der Waals surface area (Å²) in [5.41, 5.74) is -2.97. The van der Waals surface area contributed by atoms with Crippen LogP contribution in [-0.2, 0) is 81.3 Å². The Morgan fingerprint density at radius 2 is 0.537 bits per heavy atom. The van der Waals surface area contributed by atoms with Crippen LogP contribution in [0, 0.1) is 0 Å². The average molecular weight is 973 g/mol. The first-order valence-electron chi connectivity index (χ1n) is 19.7. The van der Waals surface area contributed by atoms with Crippen molar-refractivity contribution in [3.8, 4) is 0 Å². The highest BCUT2D eigenvalue weighted by Crippen LogP contribution is 2.13. The summed E-state index contributed by atoms with van der Waals surface area (Å²) in [6.45, 7) is 9.75. The molecule has 388 valence electrons. The zero-order valence-corrected chi connectivity index (χ0v) is 41.9. The minimum atomic E-state index is -2.97. The number of Topliss-reactive ketones (excluding diaryl/α,β-unsaturated/α-hetero) is 5. The van der Waals surface area contributed by atoms with Gasteiger partial charge in [-0.25, -0.2) is 19.2 Å². The third-order valence-electron chi connectivity index (χ3n) is 6.67. The Labute approximate surface area is 391 Å². The van der Waals surface area contributed by atoms with Gasteiger partial charge in [-0.2, -0.15) is 0 Å². The normalized spacial score (nSPS) is 10.7. The molecule has 0 aromatic rings. The van der Waals surface area contributed by atoms with Gasteiger partial charge < -0.3 is 81.6 Å². The van der Waals surface area contributed by atoms with Crippen LogP contribution in [0.3, 0.4) is 0 Å². The molecule has 0 radical (unpaired) electrons. The lowest BCUT2D eigenvalue weighted by atomic mass is 9.96. The second-order valence-electron chi connectivity index (χ2n) is 18.1. The number of nitrogens with zero attached hydrogens (tertiary/aromatic N) is 4. The molecule has 0 aliphatic heterocycles. The lowest BCUT2D eigenvalue weighted by Gasteiger charge is -2.29. The van der Waals surface area contributed by atoms with Crippen LogP contribution in [0.15, 0.2) is 0 Å². The summed E-state index contributed by atoms with van der Waals surface area (Å²) in [6.07, 6.45) is -2.72. The summed E-state index contributed by atoms with van der Waals surface area (Å²) in [5, 5.41) is 48.2. The Kier molecular flexibility index (Phi) is 38.0. The maximum atomic E-state index is 10.6. The number of aliphatic carboxylic acids is 4. The number of likely N-dealkylation sites (N-methyl/N-ethyl adjacent to an activating group) is 4. The van der Waals surface area contributed by atoms with Crippen molar-refractivity contribution in [3.63, 3.8) is 0 Å². The summed E-state index contributed by atoms with van der Waals surface area (Å²) in [5.74, 6) is -13.7. The number of quaternary nitrogens is 4. The minimum Gasteiger partial charge on any atom is -0.550 e. The van der Waals surface area contributed by atoms with Gasteiger partial charge in [0.1, 0.15) is 64.2 Å². The van der Waals surface area contributed by atoms with Gasteiger partial charge in [0.15, 0.2) is 5.78 Å². The van der Waals surface area contributed by atoms with E-state index in [0.29, 0.717) is 70.5 Å². The van der Waals surface area contributed by atoms with Gasteiger partial charge in [0.25, 0.3) is 0 Å². The van der Waals surface area contributed by atoms with E-state index in [4.69, 9.17) is 5.11 Å². The van der Waals surface area contributed by atoms with Crippen molar-refractivity contribution in [1.82, 2.24) is 0 Å². The van der Waals surface area contributed by atoms with Crippen LogP contribution in [-0.4, -0.2) is 242 Å². The maximum absolute atomic E-state index is 10.6. The molecule has 0 saturated heterocycles. The van der Waals surface area contributed by atoms with E-state index in [1.54, 1.807) is 0 Å². The second kappa shape index (κ2) is 35.1. The first-order valence-corrected chi connectivity index (χ1v) is 19.7. The Morgan fingerprint density at radius 1 is 0.373 bits per heavy atom. The number of rotatable bonds is 22. The second-order valence-corrected chi connectivity index (χ2v) is 18.1. The number of ether oxygens (including phenoxy) is 4. The summed E-state index contributed by atoms with van der Waals surface area (Å²) in [7, 11) is 23.9. The number of hydrogen-bond donors (Lipinski definition) is 1. The van der Waals surface area contributed by atoms with Crippen LogP contribution >= 0.6 is 0 Å². The van der Waals surface area contributed by atoms with Crippen LogP contribution in [0.5, 0.6) is 0 Å². The predicted octanol–water partition coefficient (Wildman–Crippen LogP) is -7.63. The molecule has 0 aromatic carbocycles. The summed E-state index contributed by atoms with van der Waals surface area (Å²) < 4.78 is 21.6. The molecule has 67 heavy (non-hydrogen) atoms. The molecule has 26 heteroatoms. The first kappa shape index (κ1) is 72.5. The van der Waals surface area contributed by atoms with Gasteiger partial charge in [0.05, 0.1) is 90.5 Å². The number of hydrogen-bond acceptors (Lipinski definition) is 22. The quantitative estimate of drug-likeness (QED) is 0.0456. The molecule has 26 nitrogen and oxygen atoms in total. The minimum absolute atomic E-state index is 0.294. The van der Waals surface area contributed by atoms with E-state index < -0.39 is 95.1 Å². The van der Waals surface area contributed by atoms with Crippen molar-refractivity contribution in [1.29, 1.82) is 0 Å². The first-order chi connectivity index (χ1) is 29.7. The number of carbonyl (C=O) groups excluding carboxylic acids is 13. The number of ketones is 5. The van der Waals surface area contributed by atoms with Crippen LogP contribution < -0.4 is 20.4 Å². The van der Waals surface area contributed by atoms with E-state index in [9.17, 15) is 82.8 Å². The maximum Gasteiger partial charge on any atom is 0.374 e. The van der Waals surface area contributed by atoms with Crippen molar-refractivity contribution in [2.45, 2.75) is 53.1 Å². The van der Waals surface area contributed by atoms with Gasteiger partial charge in [-0.1, -0.05) is 0 Å². The predicted molar refractivity (Wildman–Crippen MR) is 223 cm³/mol. The van der Waals surface area contributed by atoms with Gasteiger partial charge >= 0.3 is 23.9 Å². The monoisotopic (exact) mass is 972 g/mol. The topological polar surface area (TPSA) is 371 Å². The fraction of sp³-hybridized carbons (Fsp3) is 0.683.